The summed E-state index contributed by atoms with van der Waals surface area (Å²) in [5.41, 5.74) is 0. The lowest BCUT2D eigenvalue weighted by molar-refractivity contribution is -0.133. The van der Waals surface area contributed by atoms with Crippen molar-refractivity contribution in [2.75, 3.05) is 20.7 Å². The third kappa shape index (κ3) is 5.22. The predicted molar refractivity (Wildman–Crippen MR) is 57.7 cm³/mol. The van der Waals surface area contributed by atoms with Crippen molar-refractivity contribution in [1.82, 2.24) is 4.90 Å². The zero-order valence-electron chi connectivity index (χ0n) is 9.33. The number of nitrogens with zero attached hydrogens (tertiary/aromatic N) is 1. The van der Waals surface area contributed by atoms with Crippen LogP contribution < -0.4 is 0 Å². The third-order valence-electron chi connectivity index (χ3n) is 2.35. The van der Waals surface area contributed by atoms with E-state index in [9.17, 15) is 4.79 Å². The van der Waals surface area contributed by atoms with Gasteiger partial charge in [-0.25, -0.2) is 0 Å². The summed E-state index contributed by atoms with van der Waals surface area (Å²) in [5, 5.41) is 8.60. The minimum Gasteiger partial charge on any atom is -0.396 e. The summed E-state index contributed by atoms with van der Waals surface area (Å²) >= 11 is 0. The van der Waals surface area contributed by atoms with Crippen LogP contribution in [0.5, 0.6) is 0 Å². The van der Waals surface area contributed by atoms with Gasteiger partial charge in [-0.1, -0.05) is 19.8 Å². The lowest BCUT2D eigenvalue weighted by atomic mass is 9.97. The number of rotatable bonds is 7. The van der Waals surface area contributed by atoms with E-state index in [0.29, 0.717) is 6.42 Å². The zero-order valence-corrected chi connectivity index (χ0v) is 9.33. The Morgan fingerprint density at radius 3 is 2.43 bits per heavy atom. The maximum atomic E-state index is 11.6. The summed E-state index contributed by atoms with van der Waals surface area (Å²) in [6, 6.07) is 0. The van der Waals surface area contributed by atoms with Gasteiger partial charge in [0, 0.05) is 26.6 Å². The Bertz CT molecular complexity index is 157. The molecule has 0 aliphatic carbocycles. The molecule has 0 aromatic heterocycles. The van der Waals surface area contributed by atoms with E-state index in [2.05, 4.69) is 6.92 Å². The fourth-order valence-electron chi connectivity index (χ4n) is 1.44. The molecule has 1 N–H and O–H groups in total. The Balaban J connectivity index is 3.73. The largest absolute Gasteiger partial charge is 0.396 e. The van der Waals surface area contributed by atoms with Crippen molar-refractivity contribution in [2.45, 2.75) is 32.1 Å². The van der Waals surface area contributed by atoms with Crippen LogP contribution in [-0.2, 0) is 4.79 Å². The quantitative estimate of drug-likeness (QED) is 0.632. The molecular formula is C11H22NO2. The number of aliphatic hydroxyl groups is 1. The van der Waals surface area contributed by atoms with Gasteiger partial charge < -0.3 is 10.0 Å². The Kier molecular flexibility index (Phi) is 7.48. The van der Waals surface area contributed by atoms with Gasteiger partial charge in [-0.2, -0.15) is 0 Å². The molecule has 3 nitrogen and oxygen atoms in total. The second-order valence-corrected chi connectivity index (χ2v) is 3.79. The molecule has 0 spiro atoms. The molecule has 0 aromatic carbocycles. The van der Waals surface area contributed by atoms with E-state index in [0.717, 1.165) is 25.7 Å². The number of aliphatic hydroxyl groups excluding tert-OH is 1. The van der Waals surface area contributed by atoms with Gasteiger partial charge in [0.25, 0.3) is 0 Å². The minimum absolute atomic E-state index is 0.0590. The topological polar surface area (TPSA) is 40.5 Å². The molecule has 1 radical (unpaired) electrons. The van der Waals surface area contributed by atoms with Crippen molar-refractivity contribution in [3.05, 3.63) is 6.92 Å². The molecule has 0 saturated carbocycles. The number of amides is 1. The van der Waals surface area contributed by atoms with Crippen molar-refractivity contribution in [3.63, 3.8) is 0 Å². The first kappa shape index (κ1) is 13.4. The van der Waals surface area contributed by atoms with Crippen LogP contribution >= 0.6 is 0 Å². The van der Waals surface area contributed by atoms with E-state index in [4.69, 9.17) is 5.11 Å². The van der Waals surface area contributed by atoms with Gasteiger partial charge in [-0.05, 0) is 19.3 Å². The molecule has 0 rings (SSSR count). The number of unbranched alkanes of at least 4 members (excludes halogenated alkanes) is 2. The van der Waals surface area contributed by atoms with Gasteiger partial charge in [-0.3, -0.25) is 4.79 Å². The highest BCUT2D eigenvalue weighted by Gasteiger charge is 2.17. The second-order valence-electron chi connectivity index (χ2n) is 3.79. The fourth-order valence-corrected chi connectivity index (χ4v) is 1.44. The van der Waals surface area contributed by atoms with Crippen LogP contribution in [0.2, 0.25) is 0 Å². The van der Waals surface area contributed by atoms with Crippen LogP contribution in [0.4, 0.5) is 0 Å². The molecule has 1 atom stereocenters. The van der Waals surface area contributed by atoms with Crippen LogP contribution in [-0.4, -0.2) is 36.6 Å². The molecule has 0 heterocycles. The van der Waals surface area contributed by atoms with E-state index < -0.39 is 0 Å². The average Bonchev–Trinajstić information content (AvgIpc) is 2.17. The number of carbonyl (C=O) groups is 1. The van der Waals surface area contributed by atoms with Crippen LogP contribution in [0.15, 0.2) is 0 Å². The molecule has 0 aromatic rings. The molecule has 0 aliphatic heterocycles. The highest BCUT2D eigenvalue weighted by molar-refractivity contribution is 5.78. The third-order valence-corrected chi connectivity index (χ3v) is 2.35. The smallest absolute Gasteiger partial charge is 0.225 e. The van der Waals surface area contributed by atoms with Gasteiger partial charge in [0.1, 0.15) is 0 Å². The van der Waals surface area contributed by atoms with E-state index >= 15 is 0 Å². The normalized spacial score (nSPS) is 12.6. The van der Waals surface area contributed by atoms with Crippen molar-refractivity contribution < 1.29 is 9.90 Å². The molecule has 3 heteroatoms. The van der Waals surface area contributed by atoms with Crippen molar-refractivity contribution >= 4 is 5.91 Å². The lowest BCUT2D eigenvalue weighted by Gasteiger charge is -2.18. The van der Waals surface area contributed by atoms with E-state index in [1.54, 1.807) is 19.0 Å². The van der Waals surface area contributed by atoms with Gasteiger partial charge in [0.05, 0.1) is 0 Å². The summed E-state index contributed by atoms with van der Waals surface area (Å²) < 4.78 is 0. The highest BCUT2D eigenvalue weighted by atomic mass is 16.2. The minimum atomic E-state index is 0.0590. The SMILES string of the molecule is [CH2]CC(CCCCCO)C(=O)N(C)C. The predicted octanol–water partition coefficient (Wildman–Crippen LogP) is 1.47. The van der Waals surface area contributed by atoms with Crippen LogP contribution in [0.3, 0.4) is 0 Å². The Morgan fingerprint density at radius 2 is 2.00 bits per heavy atom. The summed E-state index contributed by atoms with van der Waals surface area (Å²) in [5.74, 6) is 0.229. The van der Waals surface area contributed by atoms with Crippen molar-refractivity contribution in [1.29, 1.82) is 0 Å². The first-order valence-corrected chi connectivity index (χ1v) is 5.24. The first-order chi connectivity index (χ1) is 6.63. The summed E-state index contributed by atoms with van der Waals surface area (Å²) in [7, 11) is 3.55. The van der Waals surface area contributed by atoms with Gasteiger partial charge in [0.15, 0.2) is 0 Å². The molecule has 0 saturated heterocycles. The number of hydrogen-bond donors (Lipinski definition) is 1. The Labute approximate surface area is 87.1 Å². The highest BCUT2D eigenvalue weighted by Crippen LogP contribution is 2.15. The standard InChI is InChI=1S/C11H22NO2/c1-4-10(11(14)12(2)3)8-6-5-7-9-13/h10,13H,1,4-9H2,2-3H3. The van der Waals surface area contributed by atoms with Crippen molar-refractivity contribution in [3.8, 4) is 0 Å². The molecule has 1 amide bonds. The first-order valence-electron chi connectivity index (χ1n) is 5.24. The van der Waals surface area contributed by atoms with Gasteiger partial charge >= 0.3 is 0 Å². The Morgan fingerprint density at radius 1 is 1.36 bits per heavy atom. The van der Waals surface area contributed by atoms with E-state index in [-0.39, 0.29) is 18.4 Å². The maximum absolute atomic E-state index is 11.6. The number of carbonyl (C=O) groups excluding carboxylic acids is 1. The monoisotopic (exact) mass is 200 g/mol. The van der Waals surface area contributed by atoms with Gasteiger partial charge in [0.2, 0.25) is 5.91 Å². The van der Waals surface area contributed by atoms with Crippen LogP contribution in [0.1, 0.15) is 32.1 Å². The Hall–Kier alpha value is -0.570. The van der Waals surface area contributed by atoms with E-state index in [1.807, 2.05) is 0 Å². The molecule has 0 aliphatic rings. The molecule has 0 bridgehead atoms. The average molecular weight is 200 g/mol. The summed E-state index contributed by atoms with van der Waals surface area (Å²) in [6.45, 7) is 4.04. The second kappa shape index (κ2) is 7.80. The maximum Gasteiger partial charge on any atom is 0.225 e. The molecule has 1 unspecified atom stereocenters. The lowest BCUT2D eigenvalue weighted by Crippen LogP contribution is -2.29. The fraction of sp³-hybridized carbons (Fsp3) is 0.818. The molecule has 83 valence electrons. The van der Waals surface area contributed by atoms with Crippen LogP contribution in [0.25, 0.3) is 0 Å². The van der Waals surface area contributed by atoms with Gasteiger partial charge in [-0.15, -0.1) is 0 Å². The molecular weight excluding hydrogens is 178 g/mol. The summed E-state index contributed by atoms with van der Waals surface area (Å²) in [6.07, 6.45) is 4.38. The zero-order chi connectivity index (χ0) is 11.0. The van der Waals surface area contributed by atoms with Crippen molar-refractivity contribution in [2.24, 2.45) is 5.92 Å². The molecule has 14 heavy (non-hydrogen) atoms. The van der Waals surface area contributed by atoms with Crippen LogP contribution in [0, 0.1) is 12.8 Å². The number of hydrogen-bond acceptors (Lipinski definition) is 2. The summed E-state index contributed by atoms with van der Waals surface area (Å²) in [4.78, 5) is 13.2. The van der Waals surface area contributed by atoms with E-state index in [1.165, 1.54) is 0 Å². The molecule has 0 fully saturated rings.